The molecule has 3 N–H and O–H groups in total. The molecule has 5 nitrogen and oxygen atoms in total. The van der Waals surface area contributed by atoms with E-state index in [4.69, 9.17) is 4.74 Å². The maximum Gasteiger partial charge on any atom is 0.331 e. The molecule has 0 heterocycles. The third-order valence-electron chi connectivity index (χ3n) is 14.0. The fraction of sp³-hybridized carbons (Fsp3) is 0.718. The number of rotatable bonds is 7. The summed E-state index contributed by atoms with van der Waals surface area (Å²) in [7, 11) is 0. The van der Waals surface area contributed by atoms with Crippen molar-refractivity contribution in [2.24, 2.45) is 45.3 Å². The van der Waals surface area contributed by atoms with Gasteiger partial charge in [0, 0.05) is 11.5 Å². The lowest BCUT2D eigenvalue weighted by Crippen LogP contribution is -2.64. The van der Waals surface area contributed by atoms with Crippen LogP contribution in [0.5, 0.6) is 11.5 Å². The van der Waals surface area contributed by atoms with Gasteiger partial charge in [-0.15, -0.1) is 0 Å². The summed E-state index contributed by atoms with van der Waals surface area (Å²) in [5, 5.41) is 31.1. The van der Waals surface area contributed by atoms with Crippen molar-refractivity contribution in [3.05, 3.63) is 41.5 Å². The van der Waals surface area contributed by atoms with Crippen molar-refractivity contribution in [1.29, 1.82) is 0 Å². The van der Waals surface area contributed by atoms with E-state index in [2.05, 4.69) is 61.5 Å². The first-order valence-corrected chi connectivity index (χ1v) is 17.2. The standard InChI is InChI=1S/C39H58O5/c1-25(2)10-9-20-39(8,43)28-17-22-37(6)27(28)13-15-32-36(5)21-19-33(35(3,4)31(36)18-23-38(32,37)7)44-34(42)16-12-26-11-14-29(40)30(41)24-26/h10-12,14,16,24,27-28,31-33,40-41,43H,9,13,15,17-23H2,1-8H3/t27-,28+,31+,32-,33?,36-,37+,38+,39-/m0/s1. The van der Waals surface area contributed by atoms with Crippen LogP contribution in [0.3, 0.4) is 0 Å². The Bertz CT molecular complexity index is 1300. The molecule has 0 aromatic heterocycles. The summed E-state index contributed by atoms with van der Waals surface area (Å²) in [5.41, 5.74) is 1.86. The minimum absolute atomic E-state index is 0.140. The second kappa shape index (κ2) is 11.5. The third kappa shape index (κ3) is 5.43. The summed E-state index contributed by atoms with van der Waals surface area (Å²) in [6.45, 7) is 18.8. The molecule has 1 aromatic rings. The van der Waals surface area contributed by atoms with Gasteiger partial charge in [-0.2, -0.15) is 0 Å². The van der Waals surface area contributed by atoms with Crippen molar-refractivity contribution in [1.82, 2.24) is 0 Å². The van der Waals surface area contributed by atoms with Gasteiger partial charge >= 0.3 is 5.97 Å². The van der Waals surface area contributed by atoms with E-state index in [1.807, 2.05) is 0 Å². The molecule has 244 valence electrons. The summed E-state index contributed by atoms with van der Waals surface area (Å²) in [6, 6.07) is 4.50. The van der Waals surface area contributed by atoms with Crippen LogP contribution < -0.4 is 0 Å². The van der Waals surface area contributed by atoms with Crippen LogP contribution in [0.15, 0.2) is 35.9 Å². The Hall–Kier alpha value is -2.27. The lowest BCUT2D eigenvalue weighted by Gasteiger charge is -2.70. The van der Waals surface area contributed by atoms with E-state index >= 15 is 0 Å². The molecule has 1 aromatic carbocycles. The smallest absolute Gasteiger partial charge is 0.331 e. The van der Waals surface area contributed by atoms with Crippen LogP contribution in [-0.2, 0) is 9.53 Å². The highest BCUT2D eigenvalue weighted by Crippen LogP contribution is 2.76. The van der Waals surface area contributed by atoms with Crippen LogP contribution in [0.4, 0.5) is 0 Å². The number of allylic oxidation sites excluding steroid dienone is 2. The second-order valence-corrected chi connectivity index (χ2v) is 16.9. The Balaban J connectivity index is 1.31. The first-order valence-electron chi connectivity index (χ1n) is 17.2. The third-order valence-corrected chi connectivity index (χ3v) is 14.0. The van der Waals surface area contributed by atoms with E-state index in [9.17, 15) is 20.1 Å². The Morgan fingerprint density at radius 3 is 2.32 bits per heavy atom. The number of benzene rings is 1. The van der Waals surface area contributed by atoms with Crippen LogP contribution in [0, 0.1) is 45.3 Å². The van der Waals surface area contributed by atoms with Gasteiger partial charge in [-0.3, -0.25) is 0 Å². The fourth-order valence-corrected chi connectivity index (χ4v) is 11.5. The fourth-order valence-electron chi connectivity index (χ4n) is 11.5. The molecule has 4 saturated carbocycles. The molecule has 5 heteroatoms. The van der Waals surface area contributed by atoms with Crippen molar-refractivity contribution in [2.75, 3.05) is 0 Å². The van der Waals surface area contributed by atoms with Crippen LogP contribution in [0.25, 0.3) is 6.08 Å². The van der Waals surface area contributed by atoms with Crippen molar-refractivity contribution in [3.8, 4) is 11.5 Å². The SMILES string of the molecule is CC(C)=CCC[C@](C)(O)[C@@H]1CC[C@]2(C)[C@H]1CC[C@H]1[C@@]3(C)CCC(OC(=O)C=Cc4ccc(O)c(O)c4)C(C)(C)[C@H]3CC[C@]12C. The van der Waals surface area contributed by atoms with E-state index < -0.39 is 5.60 Å². The Morgan fingerprint density at radius 2 is 1.64 bits per heavy atom. The molecule has 5 rings (SSSR count). The lowest BCUT2D eigenvalue weighted by atomic mass is 9.35. The molecule has 0 aliphatic heterocycles. The molecule has 4 aliphatic carbocycles. The summed E-state index contributed by atoms with van der Waals surface area (Å²) in [4.78, 5) is 13.0. The number of esters is 1. The minimum Gasteiger partial charge on any atom is -0.504 e. The Labute approximate surface area is 266 Å². The average molecular weight is 607 g/mol. The Morgan fingerprint density at radius 1 is 0.932 bits per heavy atom. The van der Waals surface area contributed by atoms with E-state index in [0.29, 0.717) is 29.2 Å². The molecule has 9 atom stereocenters. The van der Waals surface area contributed by atoms with Crippen molar-refractivity contribution < 1.29 is 24.9 Å². The lowest BCUT2D eigenvalue weighted by molar-refractivity contribution is -0.229. The molecule has 0 spiro atoms. The molecule has 0 saturated heterocycles. The number of phenols is 2. The van der Waals surface area contributed by atoms with Crippen molar-refractivity contribution >= 4 is 12.0 Å². The van der Waals surface area contributed by atoms with Gasteiger partial charge in [0.1, 0.15) is 6.10 Å². The number of hydrogen-bond acceptors (Lipinski definition) is 5. The molecule has 4 aliphatic rings. The van der Waals surface area contributed by atoms with E-state index in [1.54, 1.807) is 12.1 Å². The first-order chi connectivity index (χ1) is 20.5. The molecule has 4 fully saturated rings. The van der Waals surface area contributed by atoms with Crippen LogP contribution >= 0.6 is 0 Å². The topological polar surface area (TPSA) is 87.0 Å². The number of fused-ring (bicyclic) bond motifs is 5. The van der Waals surface area contributed by atoms with Gasteiger partial charge in [-0.05, 0) is 149 Å². The zero-order chi connectivity index (χ0) is 32.3. The summed E-state index contributed by atoms with van der Waals surface area (Å²) in [6.07, 6.45) is 16.0. The normalized spacial score (nSPS) is 39.1. The van der Waals surface area contributed by atoms with Crippen LogP contribution in [-0.4, -0.2) is 33.0 Å². The van der Waals surface area contributed by atoms with Gasteiger partial charge in [-0.1, -0.05) is 52.3 Å². The largest absolute Gasteiger partial charge is 0.504 e. The number of hydrogen-bond donors (Lipinski definition) is 3. The van der Waals surface area contributed by atoms with E-state index in [-0.39, 0.29) is 45.2 Å². The van der Waals surface area contributed by atoms with E-state index in [0.717, 1.165) is 38.5 Å². The zero-order valence-electron chi connectivity index (χ0n) is 28.6. The number of aliphatic hydroxyl groups is 1. The zero-order valence-corrected chi connectivity index (χ0v) is 28.6. The van der Waals surface area contributed by atoms with Crippen molar-refractivity contribution in [3.63, 3.8) is 0 Å². The van der Waals surface area contributed by atoms with E-state index in [1.165, 1.54) is 49.5 Å². The van der Waals surface area contributed by atoms with Crippen molar-refractivity contribution in [2.45, 2.75) is 131 Å². The monoisotopic (exact) mass is 606 g/mol. The molecule has 0 amide bonds. The maximum atomic E-state index is 13.0. The molecule has 1 unspecified atom stereocenters. The van der Waals surface area contributed by atoms with Gasteiger partial charge in [0.15, 0.2) is 11.5 Å². The average Bonchev–Trinajstić information content (AvgIpc) is 3.30. The summed E-state index contributed by atoms with van der Waals surface area (Å²) >= 11 is 0. The Kier molecular flexibility index (Phi) is 8.66. The molecule has 0 bridgehead atoms. The number of aromatic hydroxyl groups is 2. The van der Waals surface area contributed by atoms with Gasteiger partial charge in [0.05, 0.1) is 5.60 Å². The highest BCUT2D eigenvalue weighted by atomic mass is 16.5. The quantitative estimate of drug-likeness (QED) is 0.125. The first kappa shape index (κ1) is 33.1. The van der Waals surface area contributed by atoms with Gasteiger partial charge in [0.25, 0.3) is 0 Å². The number of phenolic OH excluding ortho intramolecular Hbond substituents is 2. The molecule has 44 heavy (non-hydrogen) atoms. The molecule has 0 radical (unpaired) electrons. The van der Waals surface area contributed by atoms with Gasteiger partial charge in [-0.25, -0.2) is 4.79 Å². The van der Waals surface area contributed by atoms with Gasteiger partial charge < -0.3 is 20.1 Å². The highest BCUT2D eigenvalue weighted by Gasteiger charge is 2.69. The second-order valence-electron chi connectivity index (χ2n) is 16.9. The van der Waals surface area contributed by atoms with Gasteiger partial charge in [0.2, 0.25) is 0 Å². The highest BCUT2D eigenvalue weighted by molar-refractivity contribution is 5.87. The maximum absolute atomic E-state index is 13.0. The predicted octanol–water partition coefficient (Wildman–Crippen LogP) is 9.21. The number of carbonyl (C=O) groups excluding carboxylic acids is 1. The summed E-state index contributed by atoms with van der Waals surface area (Å²) in [5.74, 6) is 1.28. The van der Waals surface area contributed by atoms with Crippen LogP contribution in [0.2, 0.25) is 0 Å². The number of carbonyl (C=O) groups is 1. The number of ether oxygens (including phenoxy) is 1. The minimum atomic E-state index is -0.625. The summed E-state index contributed by atoms with van der Waals surface area (Å²) < 4.78 is 6.16. The predicted molar refractivity (Wildman–Crippen MR) is 177 cm³/mol. The molecular formula is C39H58O5. The molecular weight excluding hydrogens is 548 g/mol. The van der Waals surface area contributed by atoms with Crippen LogP contribution in [0.1, 0.15) is 125 Å².